The number of rotatable bonds is 6. The highest BCUT2D eigenvalue weighted by Gasteiger charge is 2.15. The monoisotopic (exact) mass is 334 g/mol. The Balaban J connectivity index is 1.97. The molecule has 0 radical (unpaired) electrons. The number of para-hydroxylation sites is 2. The van der Waals surface area contributed by atoms with E-state index in [0.717, 1.165) is 17.9 Å². The smallest absolute Gasteiger partial charge is 0.141 e. The molecule has 0 aliphatic heterocycles. The molecule has 3 aromatic rings. The average molecular weight is 335 g/mol. The highest BCUT2D eigenvalue weighted by atomic mass is 15.1. The Kier molecular flexibility index (Phi) is 5.27. The van der Waals surface area contributed by atoms with Crippen LogP contribution in [0, 0.1) is 0 Å². The van der Waals surface area contributed by atoms with Gasteiger partial charge in [0.25, 0.3) is 0 Å². The van der Waals surface area contributed by atoms with Crippen LogP contribution < -0.4 is 0 Å². The van der Waals surface area contributed by atoms with Gasteiger partial charge in [-0.2, -0.15) is 0 Å². The van der Waals surface area contributed by atoms with Gasteiger partial charge >= 0.3 is 0 Å². The molecule has 0 amide bonds. The van der Waals surface area contributed by atoms with Gasteiger partial charge in [-0.15, -0.1) is 0 Å². The second-order valence-electron chi connectivity index (χ2n) is 7.96. The second kappa shape index (κ2) is 7.43. The van der Waals surface area contributed by atoms with Crippen LogP contribution in [0.5, 0.6) is 0 Å². The quantitative estimate of drug-likeness (QED) is 0.465. The van der Waals surface area contributed by atoms with Crippen molar-refractivity contribution >= 4 is 11.0 Å². The highest BCUT2D eigenvalue weighted by molar-refractivity contribution is 5.80. The van der Waals surface area contributed by atoms with E-state index in [1.807, 2.05) is 0 Å². The lowest BCUT2D eigenvalue weighted by atomic mass is 9.87. The van der Waals surface area contributed by atoms with Crippen LogP contribution in [0.4, 0.5) is 0 Å². The van der Waals surface area contributed by atoms with Crippen LogP contribution in [0.3, 0.4) is 0 Å². The predicted molar refractivity (Wildman–Crippen MR) is 108 cm³/mol. The third-order valence-electron chi connectivity index (χ3n) is 4.90. The van der Waals surface area contributed by atoms with Crippen molar-refractivity contribution in [3.63, 3.8) is 0 Å². The molecule has 1 heterocycles. The SMILES string of the molecule is CCCCCCn1c(-c2ccc(C(C)(C)C)cc2)nc2ccccc21. The largest absolute Gasteiger partial charge is 0.324 e. The maximum Gasteiger partial charge on any atom is 0.141 e. The maximum atomic E-state index is 4.94. The Labute approximate surface area is 151 Å². The summed E-state index contributed by atoms with van der Waals surface area (Å²) in [5.41, 5.74) is 5.09. The molecule has 2 nitrogen and oxygen atoms in total. The molecule has 0 atom stereocenters. The van der Waals surface area contributed by atoms with Crippen LogP contribution in [0.15, 0.2) is 48.5 Å². The molecule has 0 saturated heterocycles. The zero-order chi connectivity index (χ0) is 17.9. The van der Waals surface area contributed by atoms with E-state index >= 15 is 0 Å². The van der Waals surface area contributed by atoms with Gasteiger partial charge < -0.3 is 4.57 Å². The minimum atomic E-state index is 0.179. The van der Waals surface area contributed by atoms with Crippen LogP contribution in [-0.4, -0.2) is 9.55 Å². The number of aryl methyl sites for hydroxylation is 1. The molecule has 0 saturated carbocycles. The Morgan fingerprint density at radius 2 is 1.60 bits per heavy atom. The lowest BCUT2D eigenvalue weighted by Gasteiger charge is -2.19. The average Bonchev–Trinajstić information content (AvgIpc) is 2.97. The topological polar surface area (TPSA) is 17.8 Å². The number of aromatic nitrogens is 2. The summed E-state index contributed by atoms with van der Waals surface area (Å²) in [6.45, 7) is 10.1. The normalized spacial score (nSPS) is 12.0. The fraction of sp³-hybridized carbons (Fsp3) is 0.435. The summed E-state index contributed by atoms with van der Waals surface area (Å²) >= 11 is 0. The van der Waals surface area contributed by atoms with Crippen molar-refractivity contribution in [1.29, 1.82) is 0 Å². The first-order valence-corrected chi connectivity index (χ1v) is 9.57. The van der Waals surface area contributed by atoms with Crippen molar-refractivity contribution in [3.8, 4) is 11.4 Å². The second-order valence-corrected chi connectivity index (χ2v) is 7.96. The van der Waals surface area contributed by atoms with E-state index in [0.29, 0.717) is 0 Å². The van der Waals surface area contributed by atoms with Gasteiger partial charge in [0.1, 0.15) is 5.82 Å². The Morgan fingerprint density at radius 3 is 2.28 bits per heavy atom. The summed E-state index contributed by atoms with van der Waals surface area (Å²) in [6.07, 6.45) is 5.07. The lowest BCUT2D eigenvalue weighted by molar-refractivity contribution is 0.589. The summed E-state index contributed by atoms with van der Waals surface area (Å²) < 4.78 is 2.40. The van der Waals surface area contributed by atoms with Crippen molar-refractivity contribution in [2.24, 2.45) is 0 Å². The summed E-state index contributed by atoms with van der Waals surface area (Å²) in [7, 11) is 0. The number of imidazole rings is 1. The van der Waals surface area contributed by atoms with E-state index in [2.05, 4.69) is 80.8 Å². The minimum Gasteiger partial charge on any atom is -0.324 e. The number of unbranched alkanes of at least 4 members (excludes halogenated alkanes) is 3. The minimum absolute atomic E-state index is 0.179. The van der Waals surface area contributed by atoms with E-state index < -0.39 is 0 Å². The lowest BCUT2D eigenvalue weighted by Crippen LogP contribution is -2.10. The summed E-state index contributed by atoms with van der Waals surface area (Å²) in [5, 5.41) is 0. The molecule has 0 N–H and O–H groups in total. The van der Waals surface area contributed by atoms with Gasteiger partial charge in [-0.1, -0.05) is 83.4 Å². The van der Waals surface area contributed by atoms with Crippen molar-refractivity contribution in [1.82, 2.24) is 9.55 Å². The van der Waals surface area contributed by atoms with Gasteiger partial charge in [-0.3, -0.25) is 0 Å². The molecular formula is C23H30N2. The molecule has 0 bridgehead atoms. The summed E-state index contributed by atoms with van der Waals surface area (Å²) in [5.74, 6) is 1.10. The van der Waals surface area contributed by atoms with E-state index in [-0.39, 0.29) is 5.41 Å². The highest BCUT2D eigenvalue weighted by Crippen LogP contribution is 2.28. The third kappa shape index (κ3) is 3.95. The van der Waals surface area contributed by atoms with Gasteiger partial charge in [-0.05, 0) is 29.5 Å². The molecule has 3 rings (SSSR count). The molecule has 25 heavy (non-hydrogen) atoms. The first kappa shape index (κ1) is 17.7. The van der Waals surface area contributed by atoms with Crippen molar-refractivity contribution in [3.05, 3.63) is 54.1 Å². The number of benzene rings is 2. The van der Waals surface area contributed by atoms with Gasteiger partial charge in [0.05, 0.1) is 11.0 Å². The summed E-state index contributed by atoms with van der Waals surface area (Å²) in [6, 6.07) is 17.4. The first-order valence-electron chi connectivity index (χ1n) is 9.57. The predicted octanol–water partition coefficient (Wildman–Crippen LogP) is 6.58. The molecule has 2 aromatic carbocycles. The van der Waals surface area contributed by atoms with E-state index in [1.54, 1.807) is 0 Å². The van der Waals surface area contributed by atoms with Crippen LogP contribution in [-0.2, 0) is 12.0 Å². The molecule has 0 aliphatic rings. The molecule has 1 aromatic heterocycles. The number of hydrogen-bond acceptors (Lipinski definition) is 1. The fourth-order valence-corrected chi connectivity index (χ4v) is 3.34. The van der Waals surface area contributed by atoms with E-state index in [9.17, 15) is 0 Å². The fourth-order valence-electron chi connectivity index (χ4n) is 3.34. The summed E-state index contributed by atoms with van der Waals surface area (Å²) in [4.78, 5) is 4.94. The maximum absolute atomic E-state index is 4.94. The molecular weight excluding hydrogens is 304 g/mol. The van der Waals surface area contributed by atoms with Gasteiger partial charge in [0.15, 0.2) is 0 Å². The van der Waals surface area contributed by atoms with Crippen molar-refractivity contribution < 1.29 is 0 Å². The zero-order valence-electron chi connectivity index (χ0n) is 16.0. The van der Waals surface area contributed by atoms with Gasteiger partial charge in [0.2, 0.25) is 0 Å². The molecule has 0 fully saturated rings. The zero-order valence-corrected chi connectivity index (χ0v) is 16.0. The van der Waals surface area contributed by atoms with Gasteiger partial charge in [-0.25, -0.2) is 4.98 Å². The Bertz CT molecular complexity index is 819. The number of nitrogens with zero attached hydrogens (tertiary/aromatic N) is 2. The van der Waals surface area contributed by atoms with Gasteiger partial charge in [0, 0.05) is 12.1 Å². The number of hydrogen-bond donors (Lipinski definition) is 0. The van der Waals surface area contributed by atoms with E-state index in [1.165, 1.54) is 42.3 Å². The molecule has 0 aliphatic carbocycles. The molecule has 132 valence electrons. The first-order chi connectivity index (χ1) is 12.0. The van der Waals surface area contributed by atoms with Crippen LogP contribution in [0.25, 0.3) is 22.4 Å². The molecule has 2 heteroatoms. The standard InChI is InChI=1S/C23H30N2/c1-5-6-7-10-17-25-21-12-9-8-11-20(21)24-22(25)18-13-15-19(16-14-18)23(2,3)4/h8-9,11-16H,5-7,10,17H2,1-4H3. The Hall–Kier alpha value is -2.09. The van der Waals surface area contributed by atoms with Crippen LogP contribution in [0.1, 0.15) is 58.9 Å². The van der Waals surface area contributed by atoms with Crippen LogP contribution >= 0.6 is 0 Å². The van der Waals surface area contributed by atoms with Crippen LogP contribution in [0.2, 0.25) is 0 Å². The number of fused-ring (bicyclic) bond motifs is 1. The van der Waals surface area contributed by atoms with E-state index in [4.69, 9.17) is 4.98 Å². The Morgan fingerprint density at radius 1 is 0.880 bits per heavy atom. The van der Waals surface area contributed by atoms with Crippen molar-refractivity contribution in [2.45, 2.75) is 65.3 Å². The molecule has 0 spiro atoms. The molecule has 0 unspecified atom stereocenters. The van der Waals surface area contributed by atoms with Crippen molar-refractivity contribution in [2.75, 3.05) is 0 Å². The third-order valence-corrected chi connectivity index (χ3v) is 4.90.